The first-order valence-corrected chi connectivity index (χ1v) is 6.98. The lowest BCUT2D eigenvalue weighted by molar-refractivity contribution is 0.352. The molecule has 0 saturated carbocycles. The van der Waals surface area contributed by atoms with Crippen molar-refractivity contribution in [2.24, 2.45) is 0 Å². The van der Waals surface area contributed by atoms with E-state index in [2.05, 4.69) is 38.0 Å². The van der Waals surface area contributed by atoms with Crippen molar-refractivity contribution < 1.29 is 0 Å². The molecular formula is C13H24N2S. The third-order valence-electron chi connectivity index (χ3n) is 3.33. The molecule has 1 aromatic rings. The molecule has 0 fully saturated rings. The van der Waals surface area contributed by atoms with Crippen molar-refractivity contribution in [3.05, 3.63) is 15.6 Å². The number of hydrogen-bond donors (Lipinski definition) is 1. The van der Waals surface area contributed by atoms with Crippen LogP contribution in [0.5, 0.6) is 0 Å². The minimum Gasteiger partial charge on any atom is -0.309 e. The lowest BCUT2D eigenvalue weighted by Gasteiger charge is -2.27. The highest BCUT2D eigenvalue weighted by atomic mass is 32.1. The van der Waals surface area contributed by atoms with Gasteiger partial charge in [0.15, 0.2) is 0 Å². The summed E-state index contributed by atoms with van der Waals surface area (Å²) in [6.07, 6.45) is 5.02. The van der Waals surface area contributed by atoms with Crippen molar-refractivity contribution in [3.8, 4) is 0 Å². The van der Waals surface area contributed by atoms with Crippen LogP contribution in [0.4, 0.5) is 0 Å². The molecule has 1 atom stereocenters. The van der Waals surface area contributed by atoms with Gasteiger partial charge in [-0.05, 0) is 34.2 Å². The van der Waals surface area contributed by atoms with Crippen molar-refractivity contribution in [3.63, 3.8) is 0 Å². The van der Waals surface area contributed by atoms with E-state index in [0.29, 0.717) is 0 Å². The van der Waals surface area contributed by atoms with Gasteiger partial charge < -0.3 is 5.32 Å². The lowest BCUT2D eigenvalue weighted by atomic mass is 9.95. The van der Waals surface area contributed by atoms with Crippen LogP contribution in [-0.2, 0) is 5.54 Å². The highest BCUT2D eigenvalue weighted by molar-refractivity contribution is 7.11. The van der Waals surface area contributed by atoms with Crippen LogP contribution in [0, 0.1) is 13.8 Å². The van der Waals surface area contributed by atoms with Crippen molar-refractivity contribution in [2.75, 3.05) is 7.05 Å². The molecule has 1 heterocycles. The third kappa shape index (κ3) is 3.05. The van der Waals surface area contributed by atoms with Gasteiger partial charge in [0.1, 0.15) is 5.01 Å². The summed E-state index contributed by atoms with van der Waals surface area (Å²) in [5.41, 5.74) is 1.23. The second kappa shape index (κ2) is 5.78. The van der Waals surface area contributed by atoms with E-state index in [9.17, 15) is 0 Å². The molecule has 1 aromatic heterocycles. The molecule has 0 amide bonds. The van der Waals surface area contributed by atoms with E-state index in [4.69, 9.17) is 0 Å². The Hall–Kier alpha value is -0.410. The molecular weight excluding hydrogens is 216 g/mol. The van der Waals surface area contributed by atoms with Gasteiger partial charge >= 0.3 is 0 Å². The second-order valence-corrected chi connectivity index (χ2v) is 5.90. The Morgan fingerprint density at radius 2 is 2.00 bits per heavy atom. The number of unbranched alkanes of at least 4 members (excludes halogenated alkanes) is 2. The lowest BCUT2D eigenvalue weighted by Crippen LogP contribution is -2.36. The number of aromatic nitrogens is 1. The van der Waals surface area contributed by atoms with E-state index < -0.39 is 0 Å². The molecule has 0 aliphatic heterocycles. The Kier molecular flexibility index (Phi) is 4.93. The SMILES string of the molecule is CCCCCC(C)(NC)c1nc(C)c(C)s1. The molecule has 1 N–H and O–H groups in total. The van der Waals surface area contributed by atoms with Crippen molar-refractivity contribution in [2.45, 2.75) is 58.9 Å². The summed E-state index contributed by atoms with van der Waals surface area (Å²) >= 11 is 1.83. The summed E-state index contributed by atoms with van der Waals surface area (Å²) < 4.78 is 0. The maximum Gasteiger partial charge on any atom is 0.113 e. The minimum atomic E-state index is 0.0544. The van der Waals surface area contributed by atoms with Gasteiger partial charge in [-0.3, -0.25) is 0 Å². The first kappa shape index (κ1) is 13.7. The van der Waals surface area contributed by atoms with Gasteiger partial charge in [0.2, 0.25) is 0 Å². The van der Waals surface area contributed by atoms with E-state index in [1.807, 2.05) is 18.4 Å². The molecule has 3 heteroatoms. The maximum absolute atomic E-state index is 4.69. The summed E-state index contributed by atoms with van der Waals surface area (Å²) in [6, 6.07) is 0. The van der Waals surface area contributed by atoms with Crippen molar-refractivity contribution in [1.29, 1.82) is 0 Å². The van der Waals surface area contributed by atoms with E-state index >= 15 is 0 Å². The number of thiazole rings is 1. The first-order valence-electron chi connectivity index (χ1n) is 6.17. The van der Waals surface area contributed by atoms with Crippen LogP contribution in [0.1, 0.15) is 55.1 Å². The van der Waals surface area contributed by atoms with E-state index in [1.54, 1.807) is 0 Å². The normalized spacial score (nSPS) is 15.1. The highest BCUT2D eigenvalue weighted by Gasteiger charge is 2.27. The molecule has 0 aliphatic carbocycles. The fourth-order valence-electron chi connectivity index (χ4n) is 1.78. The third-order valence-corrected chi connectivity index (χ3v) is 4.67. The molecule has 0 bridgehead atoms. The quantitative estimate of drug-likeness (QED) is 0.766. The zero-order chi connectivity index (χ0) is 12.2. The minimum absolute atomic E-state index is 0.0544. The number of nitrogens with one attached hydrogen (secondary N) is 1. The predicted molar refractivity (Wildman–Crippen MR) is 72.1 cm³/mol. The van der Waals surface area contributed by atoms with Gasteiger partial charge in [0.25, 0.3) is 0 Å². The largest absolute Gasteiger partial charge is 0.309 e. The molecule has 1 unspecified atom stereocenters. The van der Waals surface area contributed by atoms with Crippen LogP contribution in [0.25, 0.3) is 0 Å². The van der Waals surface area contributed by atoms with Crippen LogP contribution in [0.15, 0.2) is 0 Å². The number of rotatable bonds is 6. The monoisotopic (exact) mass is 240 g/mol. The fourth-order valence-corrected chi connectivity index (χ4v) is 2.87. The summed E-state index contributed by atoms with van der Waals surface area (Å²) in [5.74, 6) is 0. The highest BCUT2D eigenvalue weighted by Crippen LogP contribution is 2.31. The molecule has 16 heavy (non-hydrogen) atoms. The summed E-state index contributed by atoms with van der Waals surface area (Å²) in [4.78, 5) is 6.03. The van der Waals surface area contributed by atoms with Gasteiger partial charge in [-0.15, -0.1) is 11.3 Å². The van der Waals surface area contributed by atoms with Crippen molar-refractivity contribution >= 4 is 11.3 Å². The zero-order valence-electron chi connectivity index (χ0n) is 11.2. The average molecular weight is 240 g/mol. The zero-order valence-corrected chi connectivity index (χ0v) is 12.0. The van der Waals surface area contributed by atoms with Gasteiger partial charge in [0, 0.05) is 4.88 Å². The Balaban J connectivity index is 2.78. The van der Waals surface area contributed by atoms with Gasteiger partial charge in [0.05, 0.1) is 11.2 Å². The van der Waals surface area contributed by atoms with Crippen LogP contribution in [0.2, 0.25) is 0 Å². The van der Waals surface area contributed by atoms with Crippen LogP contribution >= 0.6 is 11.3 Å². The Morgan fingerprint density at radius 3 is 2.44 bits per heavy atom. The van der Waals surface area contributed by atoms with Crippen molar-refractivity contribution in [1.82, 2.24) is 10.3 Å². The molecule has 0 radical (unpaired) electrons. The van der Waals surface area contributed by atoms with Gasteiger partial charge in [-0.1, -0.05) is 26.2 Å². The molecule has 0 spiro atoms. The second-order valence-electron chi connectivity index (χ2n) is 4.70. The van der Waals surface area contributed by atoms with Crippen LogP contribution in [0.3, 0.4) is 0 Å². The molecule has 0 aliphatic rings. The van der Waals surface area contributed by atoms with Gasteiger partial charge in [-0.2, -0.15) is 0 Å². The summed E-state index contributed by atoms with van der Waals surface area (Å²) in [5, 5.41) is 4.68. The standard InChI is InChI=1S/C13H24N2S/c1-6-7-8-9-13(4,14-5)12-15-10(2)11(3)16-12/h14H,6-9H2,1-5H3. The Bertz CT molecular complexity index is 313. The first-order chi connectivity index (χ1) is 7.53. The topological polar surface area (TPSA) is 24.9 Å². The van der Waals surface area contributed by atoms with Crippen LogP contribution < -0.4 is 5.32 Å². The number of hydrogen-bond acceptors (Lipinski definition) is 3. The molecule has 1 rings (SSSR count). The van der Waals surface area contributed by atoms with E-state index in [-0.39, 0.29) is 5.54 Å². The predicted octanol–water partition coefficient (Wildman–Crippen LogP) is 3.77. The fraction of sp³-hybridized carbons (Fsp3) is 0.769. The Labute approximate surface area is 103 Å². The van der Waals surface area contributed by atoms with E-state index in [1.165, 1.54) is 41.3 Å². The summed E-state index contributed by atoms with van der Waals surface area (Å²) in [7, 11) is 2.04. The Morgan fingerprint density at radius 1 is 1.31 bits per heavy atom. The smallest absolute Gasteiger partial charge is 0.113 e. The molecule has 0 saturated heterocycles. The number of aryl methyl sites for hydroxylation is 2. The maximum atomic E-state index is 4.69. The molecule has 92 valence electrons. The van der Waals surface area contributed by atoms with Gasteiger partial charge in [-0.25, -0.2) is 4.98 Å². The summed E-state index contributed by atoms with van der Waals surface area (Å²) in [6.45, 7) is 8.75. The molecule has 0 aromatic carbocycles. The van der Waals surface area contributed by atoms with Crippen LogP contribution in [-0.4, -0.2) is 12.0 Å². The number of nitrogens with zero attached hydrogens (tertiary/aromatic N) is 1. The molecule has 2 nitrogen and oxygen atoms in total. The average Bonchev–Trinajstić information content (AvgIpc) is 2.60. The van der Waals surface area contributed by atoms with E-state index in [0.717, 1.165) is 0 Å².